The summed E-state index contributed by atoms with van der Waals surface area (Å²) in [6.45, 7) is -0.389. The third kappa shape index (κ3) is 4.01. The van der Waals surface area contributed by atoms with E-state index in [4.69, 9.17) is 11.6 Å². The van der Waals surface area contributed by atoms with Crippen molar-refractivity contribution in [3.05, 3.63) is 64.7 Å². The lowest BCUT2D eigenvalue weighted by atomic mass is 10.1. The highest BCUT2D eigenvalue weighted by atomic mass is 35.5. The molecule has 1 unspecified atom stereocenters. The summed E-state index contributed by atoms with van der Waals surface area (Å²) in [6, 6.07) is 8.26. The van der Waals surface area contributed by atoms with Crippen LogP contribution in [0.2, 0.25) is 5.02 Å². The van der Waals surface area contributed by atoms with Crippen LogP contribution in [0.25, 0.3) is 0 Å². The van der Waals surface area contributed by atoms with Crippen LogP contribution >= 0.6 is 11.6 Å². The molecule has 0 aliphatic rings. The van der Waals surface area contributed by atoms with Crippen molar-refractivity contribution >= 4 is 21.6 Å². The molecular formula is C14H12ClF2NO3S. The molecule has 2 aromatic carbocycles. The Morgan fingerprint density at radius 2 is 1.77 bits per heavy atom. The predicted octanol–water partition coefficient (Wildman–Crippen LogP) is 2.63. The summed E-state index contributed by atoms with van der Waals surface area (Å²) in [5, 5.41) is 10.4. The number of sulfonamides is 1. The highest BCUT2D eigenvalue weighted by Crippen LogP contribution is 2.18. The van der Waals surface area contributed by atoms with E-state index in [2.05, 4.69) is 0 Å². The first kappa shape index (κ1) is 16.8. The second kappa shape index (κ2) is 6.70. The minimum absolute atomic E-state index is 0.389. The summed E-state index contributed by atoms with van der Waals surface area (Å²) in [5.74, 6) is -1.95. The SMILES string of the molecule is O=S(=O)(NCC(O)c1ccc(Cl)cc1)c1cc(F)ccc1F. The molecule has 0 aromatic heterocycles. The molecular weight excluding hydrogens is 336 g/mol. The van der Waals surface area contributed by atoms with E-state index in [-0.39, 0.29) is 6.54 Å². The monoisotopic (exact) mass is 347 g/mol. The van der Waals surface area contributed by atoms with E-state index in [1.807, 2.05) is 4.72 Å². The molecule has 2 aromatic rings. The number of hydrogen-bond acceptors (Lipinski definition) is 3. The molecule has 0 aliphatic heterocycles. The summed E-state index contributed by atoms with van der Waals surface area (Å²) < 4.78 is 52.5. The van der Waals surface area contributed by atoms with Crippen LogP contribution in [-0.4, -0.2) is 20.1 Å². The molecule has 0 amide bonds. The van der Waals surface area contributed by atoms with E-state index in [0.717, 1.165) is 12.1 Å². The second-order valence-electron chi connectivity index (χ2n) is 4.49. The maximum Gasteiger partial charge on any atom is 0.243 e. The molecule has 22 heavy (non-hydrogen) atoms. The standard InChI is InChI=1S/C14H12ClF2NO3S/c15-10-3-1-9(2-4-10)13(19)8-18-22(20,21)14-7-11(16)5-6-12(14)17/h1-7,13,18-19H,8H2. The maximum absolute atomic E-state index is 13.5. The summed E-state index contributed by atoms with van der Waals surface area (Å²) in [4.78, 5) is -0.809. The van der Waals surface area contributed by atoms with Gasteiger partial charge in [0, 0.05) is 11.6 Å². The van der Waals surface area contributed by atoms with Gasteiger partial charge in [-0.2, -0.15) is 0 Å². The number of halogens is 3. The van der Waals surface area contributed by atoms with Gasteiger partial charge in [0.15, 0.2) is 0 Å². The largest absolute Gasteiger partial charge is 0.387 e. The molecule has 0 bridgehead atoms. The first-order valence-corrected chi connectivity index (χ1v) is 8.04. The zero-order valence-corrected chi connectivity index (χ0v) is 12.7. The summed E-state index contributed by atoms with van der Waals surface area (Å²) in [6.07, 6.45) is -1.15. The van der Waals surface area contributed by atoms with Crippen molar-refractivity contribution in [3.8, 4) is 0 Å². The van der Waals surface area contributed by atoms with Crippen LogP contribution < -0.4 is 4.72 Å². The van der Waals surface area contributed by atoms with Gasteiger partial charge in [-0.3, -0.25) is 0 Å². The number of hydrogen-bond donors (Lipinski definition) is 2. The summed E-state index contributed by atoms with van der Waals surface area (Å²) in [5.41, 5.74) is 0.437. The van der Waals surface area contributed by atoms with Gasteiger partial charge in [-0.1, -0.05) is 23.7 Å². The van der Waals surface area contributed by atoms with Crippen molar-refractivity contribution in [2.45, 2.75) is 11.0 Å². The van der Waals surface area contributed by atoms with Gasteiger partial charge in [-0.05, 0) is 35.9 Å². The lowest BCUT2D eigenvalue weighted by Gasteiger charge is -2.13. The van der Waals surface area contributed by atoms with E-state index in [9.17, 15) is 22.3 Å². The molecule has 0 aliphatic carbocycles. The normalized spacial score (nSPS) is 13.1. The van der Waals surface area contributed by atoms with Crippen LogP contribution in [0, 0.1) is 11.6 Å². The lowest BCUT2D eigenvalue weighted by Crippen LogP contribution is -2.29. The van der Waals surface area contributed by atoms with Gasteiger partial charge in [-0.15, -0.1) is 0 Å². The first-order chi connectivity index (χ1) is 10.3. The van der Waals surface area contributed by atoms with Gasteiger partial charge in [0.2, 0.25) is 10.0 Å². The van der Waals surface area contributed by atoms with Crippen LogP contribution in [0.3, 0.4) is 0 Å². The quantitative estimate of drug-likeness (QED) is 0.873. The Kier molecular flexibility index (Phi) is 5.12. The van der Waals surface area contributed by atoms with Crippen molar-refractivity contribution in [2.24, 2.45) is 0 Å². The molecule has 0 spiro atoms. The molecule has 2 N–H and O–H groups in total. The molecule has 0 saturated carbocycles. The third-order valence-corrected chi connectivity index (χ3v) is 4.59. The van der Waals surface area contributed by atoms with Crippen LogP contribution in [0.5, 0.6) is 0 Å². The van der Waals surface area contributed by atoms with Crippen molar-refractivity contribution in [2.75, 3.05) is 6.54 Å². The number of benzene rings is 2. The average Bonchev–Trinajstić information content (AvgIpc) is 2.48. The van der Waals surface area contributed by atoms with Gasteiger partial charge in [0.05, 0.1) is 6.10 Å². The van der Waals surface area contributed by atoms with Gasteiger partial charge in [0.25, 0.3) is 0 Å². The zero-order valence-electron chi connectivity index (χ0n) is 11.1. The molecule has 0 heterocycles. The average molecular weight is 348 g/mol. The second-order valence-corrected chi connectivity index (χ2v) is 6.67. The van der Waals surface area contributed by atoms with E-state index in [1.165, 1.54) is 12.1 Å². The fraction of sp³-hybridized carbons (Fsp3) is 0.143. The molecule has 1 atom stereocenters. The Morgan fingerprint density at radius 1 is 1.14 bits per heavy atom. The Morgan fingerprint density at radius 3 is 2.41 bits per heavy atom. The Hall–Kier alpha value is -1.54. The summed E-state index contributed by atoms with van der Waals surface area (Å²) >= 11 is 5.71. The highest BCUT2D eigenvalue weighted by molar-refractivity contribution is 7.89. The van der Waals surface area contributed by atoms with Gasteiger partial charge in [0.1, 0.15) is 16.5 Å². The molecule has 0 radical (unpaired) electrons. The van der Waals surface area contributed by atoms with E-state index < -0.39 is 32.7 Å². The van der Waals surface area contributed by atoms with Crippen molar-refractivity contribution in [1.82, 2.24) is 4.72 Å². The fourth-order valence-electron chi connectivity index (χ4n) is 1.75. The fourth-order valence-corrected chi connectivity index (χ4v) is 3.00. The minimum atomic E-state index is -4.28. The Balaban J connectivity index is 2.12. The molecule has 0 fully saturated rings. The first-order valence-electron chi connectivity index (χ1n) is 6.18. The smallest absolute Gasteiger partial charge is 0.243 e. The molecule has 8 heteroatoms. The van der Waals surface area contributed by atoms with Gasteiger partial charge < -0.3 is 5.11 Å². The summed E-state index contributed by atoms with van der Waals surface area (Å²) in [7, 11) is -4.28. The zero-order chi connectivity index (χ0) is 16.3. The van der Waals surface area contributed by atoms with Crippen LogP contribution in [0.4, 0.5) is 8.78 Å². The van der Waals surface area contributed by atoms with Crippen molar-refractivity contribution in [3.63, 3.8) is 0 Å². The molecule has 0 saturated heterocycles. The lowest BCUT2D eigenvalue weighted by molar-refractivity contribution is 0.182. The highest BCUT2D eigenvalue weighted by Gasteiger charge is 2.21. The molecule has 2 rings (SSSR count). The Labute approximate surface area is 131 Å². The molecule has 4 nitrogen and oxygen atoms in total. The van der Waals surface area contributed by atoms with E-state index in [0.29, 0.717) is 16.7 Å². The van der Waals surface area contributed by atoms with Crippen molar-refractivity contribution in [1.29, 1.82) is 0 Å². The number of rotatable bonds is 5. The van der Waals surface area contributed by atoms with Gasteiger partial charge >= 0.3 is 0 Å². The third-order valence-electron chi connectivity index (χ3n) is 2.90. The number of nitrogens with one attached hydrogen (secondary N) is 1. The maximum atomic E-state index is 13.5. The van der Waals surface area contributed by atoms with E-state index >= 15 is 0 Å². The number of aliphatic hydroxyl groups excluding tert-OH is 1. The minimum Gasteiger partial charge on any atom is -0.387 e. The van der Waals surface area contributed by atoms with Crippen LogP contribution in [-0.2, 0) is 10.0 Å². The van der Waals surface area contributed by atoms with Gasteiger partial charge in [-0.25, -0.2) is 21.9 Å². The van der Waals surface area contributed by atoms with Crippen molar-refractivity contribution < 1.29 is 22.3 Å². The predicted molar refractivity (Wildman–Crippen MR) is 78.0 cm³/mol. The molecule has 118 valence electrons. The van der Waals surface area contributed by atoms with Crippen LogP contribution in [0.15, 0.2) is 47.4 Å². The topological polar surface area (TPSA) is 66.4 Å². The van der Waals surface area contributed by atoms with E-state index in [1.54, 1.807) is 12.1 Å². The van der Waals surface area contributed by atoms with Crippen LogP contribution in [0.1, 0.15) is 11.7 Å². The Bertz CT molecular complexity index is 766. The number of aliphatic hydroxyl groups is 1.